The van der Waals surface area contributed by atoms with E-state index in [1.807, 2.05) is 0 Å². The zero-order valence-electron chi connectivity index (χ0n) is 11.7. The van der Waals surface area contributed by atoms with E-state index in [0.717, 1.165) is 12.8 Å². The Hall–Kier alpha value is -1.06. The molecule has 4 nitrogen and oxygen atoms in total. The Morgan fingerprint density at radius 2 is 2.06 bits per heavy atom. The van der Waals surface area contributed by atoms with Crippen LogP contribution in [-0.4, -0.2) is 25.1 Å². The van der Waals surface area contributed by atoms with Crippen molar-refractivity contribution in [1.82, 2.24) is 0 Å². The molecule has 4 heteroatoms. The van der Waals surface area contributed by atoms with Crippen molar-refractivity contribution in [2.75, 3.05) is 7.11 Å². The Labute approximate surface area is 109 Å². The van der Waals surface area contributed by atoms with Crippen molar-refractivity contribution in [2.45, 2.75) is 52.6 Å². The Morgan fingerprint density at radius 1 is 1.39 bits per heavy atom. The van der Waals surface area contributed by atoms with Gasteiger partial charge in [-0.3, -0.25) is 10.2 Å². The molecule has 0 aromatic carbocycles. The van der Waals surface area contributed by atoms with E-state index < -0.39 is 5.97 Å². The topological polar surface area (TPSA) is 59.4 Å². The van der Waals surface area contributed by atoms with E-state index in [4.69, 9.17) is 10.1 Å². The predicted molar refractivity (Wildman–Crippen MR) is 68.5 cm³/mol. The molecular formula is C14H23NO3. The molecule has 2 saturated carbocycles. The van der Waals surface area contributed by atoms with Crippen LogP contribution in [0.1, 0.15) is 46.5 Å². The number of carbonyl (C=O) groups excluding carboxylic acids is 1. The zero-order valence-corrected chi connectivity index (χ0v) is 11.7. The summed E-state index contributed by atoms with van der Waals surface area (Å²) >= 11 is 0. The van der Waals surface area contributed by atoms with Gasteiger partial charge in [0.05, 0.1) is 7.11 Å². The van der Waals surface area contributed by atoms with Crippen LogP contribution in [0.15, 0.2) is 0 Å². The second kappa shape index (κ2) is 4.25. The molecular weight excluding hydrogens is 230 g/mol. The number of hydrogen-bond donors (Lipinski definition) is 1. The summed E-state index contributed by atoms with van der Waals surface area (Å²) in [7, 11) is 1.33. The highest BCUT2D eigenvalue weighted by atomic mass is 16.5. The largest absolute Gasteiger partial charge is 0.477 e. The van der Waals surface area contributed by atoms with Crippen LogP contribution in [0, 0.1) is 22.2 Å². The van der Waals surface area contributed by atoms with Gasteiger partial charge >= 0.3 is 5.97 Å². The molecule has 0 radical (unpaired) electrons. The second-order valence-electron chi connectivity index (χ2n) is 6.39. The highest BCUT2D eigenvalue weighted by molar-refractivity contribution is 5.92. The highest BCUT2D eigenvalue weighted by Crippen LogP contribution is 2.66. The molecule has 0 amide bonds. The van der Waals surface area contributed by atoms with Gasteiger partial charge in [0, 0.05) is 5.41 Å². The standard InChI is InChI=1S/C14H23NO3/c1-13(2)9-5-6-14(13,3)10(7-9)18-11(15)8-12(16)17-4/h9-10,15H,5-8H2,1-4H3. The van der Waals surface area contributed by atoms with Gasteiger partial charge in [-0.15, -0.1) is 0 Å². The summed E-state index contributed by atoms with van der Waals surface area (Å²) in [5.41, 5.74) is 0.392. The van der Waals surface area contributed by atoms with Crippen LogP contribution in [0.4, 0.5) is 0 Å². The smallest absolute Gasteiger partial charge is 0.314 e. The average Bonchev–Trinajstić information content (AvgIpc) is 2.61. The average molecular weight is 253 g/mol. The van der Waals surface area contributed by atoms with E-state index in [1.54, 1.807) is 0 Å². The lowest BCUT2D eigenvalue weighted by molar-refractivity contribution is -0.139. The van der Waals surface area contributed by atoms with Gasteiger partial charge in [0.25, 0.3) is 0 Å². The van der Waals surface area contributed by atoms with Crippen LogP contribution in [-0.2, 0) is 14.3 Å². The molecule has 2 bridgehead atoms. The minimum atomic E-state index is -0.410. The Kier molecular flexibility index (Phi) is 3.16. The first-order chi connectivity index (χ1) is 8.31. The zero-order chi connectivity index (χ0) is 13.6. The van der Waals surface area contributed by atoms with Crippen molar-refractivity contribution in [1.29, 1.82) is 5.41 Å². The van der Waals surface area contributed by atoms with Crippen molar-refractivity contribution >= 4 is 11.9 Å². The van der Waals surface area contributed by atoms with E-state index in [9.17, 15) is 4.79 Å². The molecule has 0 spiro atoms. The first-order valence-corrected chi connectivity index (χ1v) is 6.62. The summed E-state index contributed by atoms with van der Waals surface area (Å²) < 4.78 is 10.3. The van der Waals surface area contributed by atoms with Crippen molar-refractivity contribution in [2.24, 2.45) is 16.7 Å². The maximum Gasteiger partial charge on any atom is 0.314 e. The van der Waals surface area contributed by atoms with E-state index in [-0.39, 0.29) is 29.3 Å². The van der Waals surface area contributed by atoms with E-state index in [0.29, 0.717) is 5.92 Å². The van der Waals surface area contributed by atoms with Gasteiger partial charge < -0.3 is 9.47 Å². The number of methoxy groups -OCH3 is 1. The summed E-state index contributed by atoms with van der Waals surface area (Å²) in [6.07, 6.45) is 3.43. The number of hydrogen-bond acceptors (Lipinski definition) is 4. The number of esters is 1. The normalized spacial score (nSPS) is 36.4. The lowest BCUT2D eigenvalue weighted by Crippen LogP contribution is -2.38. The van der Waals surface area contributed by atoms with Gasteiger partial charge in [0.1, 0.15) is 12.5 Å². The van der Waals surface area contributed by atoms with Crippen LogP contribution >= 0.6 is 0 Å². The first-order valence-electron chi connectivity index (χ1n) is 6.62. The molecule has 0 saturated heterocycles. The van der Waals surface area contributed by atoms with Crippen LogP contribution in [0.5, 0.6) is 0 Å². The van der Waals surface area contributed by atoms with Crippen LogP contribution < -0.4 is 0 Å². The summed E-state index contributed by atoms with van der Waals surface area (Å²) in [4.78, 5) is 11.1. The third-order valence-electron chi connectivity index (χ3n) is 5.53. The van der Waals surface area contributed by atoms with Gasteiger partial charge in [-0.1, -0.05) is 20.8 Å². The quantitative estimate of drug-likeness (QED) is 0.478. The van der Waals surface area contributed by atoms with Crippen LogP contribution in [0.3, 0.4) is 0 Å². The number of carbonyl (C=O) groups is 1. The van der Waals surface area contributed by atoms with Crippen molar-refractivity contribution in [3.8, 4) is 0 Å². The first kappa shape index (κ1) is 13.4. The molecule has 2 aliphatic carbocycles. The Bertz CT molecular complexity index is 377. The third-order valence-corrected chi connectivity index (χ3v) is 5.53. The van der Waals surface area contributed by atoms with E-state index in [1.165, 1.54) is 13.5 Å². The molecule has 3 atom stereocenters. The third kappa shape index (κ3) is 1.82. The highest BCUT2D eigenvalue weighted by Gasteiger charge is 2.62. The summed E-state index contributed by atoms with van der Waals surface area (Å²) in [5, 5.41) is 7.76. The number of fused-ring (bicyclic) bond motifs is 2. The van der Waals surface area contributed by atoms with Gasteiger partial charge in [-0.2, -0.15) is 0 Å². The lowest BCUT2D eigenvalue weighted by atomic mass is 9.70. The van der Waals surface area contributed by atoms with Gasteiger partial charge in [0.2, 0.25) is 0 Å². The second-order valence-corrected chi connectivity index (χ2v) is 6.39. The fourth-order valence-electron chi connectivity index (χ4n) is 3.73. The molecule has 3 unspecified atom stereocenters. The minimum Gasteiger partial charge on any atom is -0.477 e. The van der Waals surface area contributed by atoms with Crippen molar-refractivity contribution < 1.29 is 14.3 Å². The molecule has 1 N–H and O–H groups in total. The molecule has 0 aromatic heterocycles. The Balaban J connectivity index is 2.00. The fraction of sp³-hybridized carbons (Fsp3) is 0.857. The SMILES string of the molecule is COC(=O)CC(=N)OC1CC2CCC1(C)C2(C)C. The van der Waals surface area contributed by atoms with Crippen molar-refractivity contribution in [3.05, 3.63) is 0 Å². The monoisotopic (exact) mass is 253 g/mol. The molecule has 2 aliphatic rings. The minimum absolute atomic E-state index is 0.0384. The van der Waals surface area contributed by atoms with Crippen molar-refractivity contribution in [3.63, 3.8) is 0 Å². The van der Waals surface area contributed by atoms with E-state index >= 15 is 0 Å². The van der Waals surface area contributed by atoms with E-state index in [2.05, 4.69) is 25.5 Å². The van der Waals surface area contributed by atoms with Gasteiger partial charge in [0.15, 0.2) is 5.90 Å². The number of rotatable bonds is 3. The molecule has 2 rings (SSSR count). The maximum absolute atomic E-state index is 11.1. The predicted octanol–water partition coefficient (Wildman–Crippen LogP) is 2.76. The molecule has 0 aromatic rings. The molecule has 0 heterocycles. The lowest BCUT2D eigenvalue weighted by Gasteiger charge is -2.38. The number of ether oxygens (including phenoxy) is 2. The summed E-state index contributed by atoms with van der Waals surface area (Å²) in [6.45, 7) is 6.87. The number of nitrogens with one attached hydrogen (secondary N) is 1. The fourth-order valence-corrected chi connectivity index (χ4v) is 3.73. The molecule has 2 fully saturated rings. The van der Waals surface area contributed by atoms with Crippen LogP contribution in [0.25, 0.3) is 0 Å². The Morgan fingerprint density at radius 3 is 2.50 bits per heavy atom. The van der Waals surface area contributed by atoms with Crippen LogP contribution in [0.2, 0.25) is 0 Å². The molecule has 102 valence electrons. The summed E-state index contributed by atoms with van der Waals surface area (Å²) in [6, 6.07) is 0. The van der Waals surface area contributed by atoms with Gasteiger partial charge in [-0.25, -0.2) is 0 Å². The van der Waals surface area contributed by atoms with Gasteiger partial charge in [-0.05, 0) is 30.6 Å². The molecule has 0 aliphatic heterocycles. The maximum atomic E-state index is 11.1. The molecule has 18 heavy (non-hydrogen) atoms. The summed E-state index contributed by atoms with van der Waals surface area (Å²) in [5.74, 6) is 0.308.